The summed E-state index contributed by atoms with van der Waals surface area (Å²) < 4.78 is 40.1. The number of hydrogen-bond acceptors (Lipinski definition) is 7. The molecule has 1 unspecified atom stereocenters. The number of urea groups is 1. The van der Waals surface area contributed by atoms with Gasteiger partial charge in [0.2, 0.25) is 11.8 Å². The van der Waals surface area contributed by atoms with Gasteiger partial charge in [-0.3, -0.25) is 10.1 Å². The Morgan fingerprint density at radius 3 is 2.77 bits per heavy atom. The van der Waals surface area contributed by atoms with Crippen LogP contribution in [0.2, 0.25) is 0 Å². The fourth-order valence-corrected chi connectivity index (χ4v) is 2.79. The van der Waals surface area contributed by atoms with E-state index in [9.17, 15) is 18.4 Å². The summed E-state index contributed by atoms with van der Waals surface area (Å²) in [6, 6.07) is 5.48. The topological polar surface area (TPSA) is 120 Å². The van der Waals surface area contributed by atoms with Gasteiger partial charge >= 0.3 is 12.0 Å². The molecule has 3 aromatic rings. The first-order valence-corrected chi connectivity index (χ1v) is 8.89. The van der Waals surface area contributed by atoms with E-state index >= 15 is 0 Å². The van der Waals surface area contributed by atoms with Crippen molar-refractivity contribution in [3.63, 3.8) is 0 Å². The third kappa shape index (κ3) is 4.26. The van der Waals surface area contributed by atoms with Gasteiger partial charge in [0.05, 0.1) is 11.6 Å². The molecule has 0 saturated carbocycles. The summed E-state index contributed by atoms with van der Waals surface area (Å²) >= 11 is 0. The van der Waals surface area contributed by atoms with Gasteiger partial charge in [0.25, 0.3) is 0 Å². The van der Waals surface area contributed by atoms with Crippen LogP contribution in [-0.2, 0) is 4.79 Å². The van der Waals surface area contributed by atoms with Crippen molar-refractivity contribution in [1.29, 1.82) is 0 Å². The van der Waals surface area contributed by atoms with E-state index in [1.165, 1.54) is 35.2 Å². The lowest BCUT2D eigenvalue weighted by Gasteiger charge is -2.22. The summed E-state index contributed by atoms with van der Waals surface area (Å²) in [6.07, 6.45) is 4.35. The fourth-order valence-electron chi connectivity index (χ4n) is 2.79. The number of hydrogen-bond donors (Lipinski definition) is 2. The quantitative estimate of drug-likeness (QED) is 0.590. The van der Waals surface area contributed by atoms with Gasteiger partial charge in [-0.2, -0.15) is 13.9 Å². The minimum atomic E-state index is -3.32. The zero-order valence-electron chi connectivity index (χ0n) is 15.4. The van der Waals surface area contributed by atoms with Gasteiger partial charge in [-0.1, -0.05) is 6.07 Å². The van der Waals surface area contributed by atoms with E-state index in [1.54, 1.807) is 12.1 Å². The molecule has 0 aliphatic carbocycles. The number of aromatic nitrogens is 4. The van der Waals surface area contributed by atoms with Crippen LogP contribution in [0.3, 0.4) is 0 Å². The van der Waals surface area contributed by atoms with E-state index in [1.807, 2.05) is 0 Å². The molecule has 0 bridgehead atoms. The molecule has 1 atom stereocenters. The van der Waals surface area contributed by atoms with Crippen LogP contribution in [0.15, 0.2) is 42.9 Å². The van der Waals surface area contributed by atoms with Crippen molar-refractivity contribution in [2.75, 3.05) is 19.8 Å². The SMILES string of the molecule is O=C1NCC(c2cc(OCC(F)(F)COc3ccccn3)c3nccn3n2)C(=O)N1. The maximum Gasteiger partial charge on any atom is 0.321 e. The third-order valence-electron chi connectivity index (χ3n) is 4.23. The van der Waals surface area contributed by atoms with Gasteiger partial charge in [0.15, 0.2) is 24.6 Å². The largest absolute Gasteiger partial charge is 0.483 e. The average molecular weight is 418 g/mol. The highest BCUT2D eigenvalue weighted by Crippen LogP contribution is 2.26. The van der Waals surface area contributed by atoms with Crippen LogP contribution >= 0.6 is 0 Å². The van der Waals surface area contributed by atoms with Crippen LogP contribution in [-0.4, -0.2) is 57.2 Å². The molecule has 1 fully saturated rings. The van der Waals surface area contributed by atoms with Gasteiger partial charge in [0, 0.05) is 37.3 Å². The van der Waals surface area contributed by atoms with Gasteiger partial charge in [-0.25, -0.2) is 19.3 Å². The van der Waals surface area contributed by atoms with Crippen molar-refractivity contribution >= 4 is 17.6 Å². The lowest BCUT2D eigenvalue weighted by Crippen LogP contribution is -2.51. The number of carbonyl (C=O) groups excluding carboxylic acids is 2. The molecule has 30 heavy (non-hydrogen) atoms. The normalized spacial score (nSPS) is 16.8. The number of nitrogens with one attached hydrogen (secondary N) is 2. The molecule has 3 amide bonds. The number of pyridine rings is 1. The molecule has 1 aliphatic heterocycles. The summed E-state index contributed by atoms with van der Waals surface area (Å²) in [4.78, 5) is 31.2. The number of ether oxygens (including phenoxy) is 2. The molecule has 4 rings (SSSR count). The number of halogens is 2. The monoisotopic (exact) mass is 418 g/mol. The molecule has 3 aromatic heterocycles. The van der Waals surface area contributed by atoms with E-state index < -0.39 is 37.0 Å². The van der Waals surface area contributed by atoms with Gasteiger partial charge in [0.1, 0.15) is 0 Å². The lowest BCUT2D eigenvalue weighted by atomic mass is 10.0. The minimum Gasteiger partial charge on any atom is -0.483 e. The second-order valence-electron chi connectivity index (χ2n) is 6.48. The lowest BCUT2D eigenvalue weighted by molar-refractivity contribution is -0.122. The molecule has 0 aromatic carbocycles. The van der Waals surface area contributed by atoms with Crippen LogP contribution in [0, 0.1) is 0 Å². The number of imidazole rings is 1. The zero-order valence-corrected chi connectivity index (χ0v) is 15.4. The molecule has 0 radical (unpaired) electrons. The Balaban J connectivity index is 1.50. The van der Waals surface area contributed by atoms with Crippen LogP contribution < -0.4 is 20.1 Å². The van der Waals surface area contributed by atoms with Gasteiger partial charge in [-0.15, -0.1) is 0 Å². The molecule has 156 valence electrons. The molecular weight excluding hydrogens is 402 g/mol. The maximum atomic E-state index is 14.2. The van der Waals surface area contributed by atoms with Crippen molar-refractivity contribution in [3.05, 3.63) is 48.5 Å². The van der Waals surface area contributed by atoms with Crippen LogP contribution in [0.4, 0.5) is 13.6 Å². The molecule has 0 spiro atoms. The number of amides is 3. The minimum absolute atomic E-state index is 0.0192. The second-order valence-corrected chi connectivity index (χ2v) is 6.48. The predicted molar refractivity (Wildman–Crippen MR) is 97.4 cm³/mol. The molecule has 4 heterocycles. The summed E-state index contributed by atoms with van der Waals surface area (Å²) in [6.45, 7) is -1.89. The fraction of sp³-hybridized carbons (Fsp3) is 0.278. The van der Waals surface area contributed by atoms with E-state index in [-0.39, 0.29) is 29.5 Å². The Hall–Kier alpha value is -3.83. The molecule has 1 aliphatic rings. The summed E-state index contributed by atoms with van der Waals surface area (Å²) in [7, 11) is 0. The number of fused-ring (bicyclic) bond motifs is 1. The van der Waals surface area contributed by atoms with Gasteiger partial charge in [-0.05, 0) is 6.07 Å². The first-order valence-electron chi connectivity index (χ1n) is 8.89. The van der Waals surface area contributed by atoms with Gasteiger partial charge < -0.3 is 14.8 Å². The second kappa shape index (κ2) is 7.89. The Kier molecular flexibility index (Phi) is 5.12. The first-order chi connectivity index (χ1) is 14.4. The van der Waals surface area contributed by atoms with Crippen LogP contribution in [0.25, 0.3) is 5.65 Å². The predicted octanol–water partition coefficient (Wildman–Crippen LogP) is 1.14. The van der Waals surface area contributed by atoms with Crippen molar-refractivity contribution in [2.24, 2.45) is 0 Å². The molecule has 2 N–H and O–H groups in total. The van der Waals surface area contributed by atoms with Crippen LogP contribution in [0.5, 0.6) is 11.6 Å². The Morgan fingerprint density at radius 1 is 1.17 bits per heavy atom. The highest BCUT2D eigenvalue weighted by atomic mass is 19.3. The van der Waals surface area contributed by atoms with E-state index in [4.69, 9.17) is 9.47 Å². The number of carbonyl (C=O) groups is 2. The molecule has 10 nitrogen and oxygen atoms in total. The number of imide groups is 1. The Bertz CT molecular complexity index is 1070. The van der Waals surface area contributed by atoms with Crippen molar-refractivity contribution < 1.29 is 27.8 Å². The number of alkyl halides is 2. The summed E-state index contributed by atoms with van der Waals surface area (Å²) in [5.41, 5.74) is 0.446. The molecular formula is C18H16F2N6O4. The number of nitrogens with zero attached hydrogens (tertiary/aromatic N) is 4. The van der Waals surface area contributed by atoms with Crippen LogP contribution in [0.1, 0.15) is 11.6 Å². The van der Waals surface area contributed by atoms with Crippen molar-refractivity contribution in [2.45, 2.75) is 11.8 Å². The highest BCUT2D eigenvalue weighted by Gasteiger charge is 2.33. The average Bonchev–Trinajstić information content (AvgIpc) is 3.20. The van der Waals surface area contributed by atoms with E-state index in [0.29, 0.717) is 0 Å². The van der Waals surface area contributed by atoms with E-state index in [0.717, 1.165) is 0 Å². The smallest absolute Gasteiger partial charge is 0.321 e. The summed E-state index contributed by atoms with van der Waals surface area (Å²) in [5, 5.41) is 8.89. The maximum absolute atomic E-state index is 14.2. The highest BCUT2D eigenvalue weighted by molar-refractivity contribution is 6.00. The zero-order chi connectivity index (χ0) is 21.1. The Labute approximate surface area is 168 Å². The molecule has 1 saturated heterocycles. The standard InChI is InChI=1S/C18H16F2N6O4/c19-18(20,10-30-14-3-1-2-4-21-14)9-29-13-7-12(25-26-6-5-22-15(13)26)11-8-23-17(28)24-16(11)27/h1-7,11H,8-10H2,(H2,23,24,27,28). The van der Waals surface area contributed by atoms with Crippen molar-refractivity contribution in [3.8, 4) is 11.6 Å². The Morgan fingerprint density at radius 2 is 2.00 bits per heavy atom. The van der Waals surface area contributed by atoms with Crippen molar-refractivity contribution in [1.82, 2.24) is 30.2 Å². The third-order valence-corrected chi connectivity index (χ3v) is 4.23. The summed E-state index contributed by atoms with van der Waals surface area (Å²) in [5.74, 6) is -4.58. The molecule has 12 heteroatoms. The van der Waals surface area contributed by atoms with E-state index in [2.05, 4.69) is 25.7 Å². The number of rotatable bonds is 7. The first kappa shape index (κ1) is 19.5.